The largest absolute Gasteiger partial charge is 0.498 e. The van der Waals surface area contributed by atoms with Gasteiger partial charge in [0.2, 0.25) is 6.79 Å². The molecule has 2 aromatic rings. The molecule has 3 aliphatic heterocycles. The molecular weight excluding hydrogens is 498 g/mol. The molecule has 6 rings (SSSR count). The summed E-state index contributed by atoms with van der Waals surface area (Å²) in [6.07, 6.45) is 12.9. The van der Waals surface area contributed by atoms with Crippen LogP contribution >= 0.6 is 0 Å². The Morgan fingerprint density at radius 2 is 1.80 bits per heavy atom. The SMILES string of the molecule is CCCCCCOC1C(OC)=CC=C2C1=CN1CCc3cc4c(cc3C1=C2Cc1ccc(C(C)C)cc1)OCO4. The van der Waals surface area contributed by atoms with Gasteiger partial charge in [-0.15, -0.1) is 0 Å². The normalized spacial score (nSPS) is 19.1. The van der Waals surface area contributed by atoms with Gasteiger partial charge in [0, 0.05) is 36.9 Å². The predicted molar refractivity (Wildman–Crippen MR) is 159 cm³/mol. The van der Waals surface area contributed by atoms with Crippen LogP contribution in [0, 0.1) is 0 Å². The molecule has 1 unspecified atom stereocenters. The van der Waals surface area contributed by atoms with Crippen molar-refractivity contribution in [3.05, 3.63) is 99.5 Å². The zero-order valence-corrected chi connectivity index (χ0v) is 24.3. The number of allylic oxidation sites excluding steroid dienone is 3. The molecule has 5 heteroatoms. The second-order valence-corrected chi connectivity index (χ2v) is 11.5. The Balaban J connectivity index is 1.42. The Kier molecular flexibility index (Phi) is 7.75. The lowest BCUT2D eigenvalue weighted by Gasteiger charge is -2.40. The van der Waals surface area contributed by atoms with Gasteiger partial charge in [-0.25, -0.2) is 0 Å². The van der Waals surface area contributed by atoms with E-state index in [2.05, 4.69) is 80.4 Å². The fraction of sp³-hybridized carbons (Fsp3) is 0.429. The van der Waals surface area contributed by atoms with Crippen molar-refractivity contribution in [3.8, 4) is 11.5 Å². The van der Waals surface area contributed by atoms with Gasteiger partial charge in [-0.3, -0.25) is 0 Å². The van der Waals surface area contributed by atoms with Gasteiger partial charge < -0.3 is 23.8 Å². The monoisotopic (exact) mass is 539 g/mol. The molecule has 0 bridgehead atoms. The van der Waals surface area contributed by atoms with E-state index in [-0.39, 0.29) is 12.9 Å². The summed E-state index contributed by atoms with van der Waals surface area (Å²) in [5, 5.41) is 0. The van der Waals surface area contributed by atoms with Crippen LogP contribution in [0.3, 0.4) is 0 Å². The molecule has 1 aliphatic carbocycles. The van der Waals surface area contributed by atoms with Crippen molar-refractivity contribution in [1.82, 2.24) is 4.90 Å². The van der Waals surface area contributed by atoms with Crippen molar-refractivity contribution < 1.29 is 18.9 Å². The fourth-order valence-electron chi connectivity index (χ4n) is 6.22. The van der Waals surface area contributed by atoms with Crippen LogP contribution in [0.2, 0.25) is 0 Å². The first-order valence-electron chi connectivity index (χ1n) is 14.9. The molecule has 0 saturated carbocycles. The smallest absolute Gasteiger partial charge is 0.231 e. The number of methoxy groups -OCH3 is 1. The zero-order chi connectivity index (χ0) is 27.6. The molecule has 2 aromatic carbocycles. The maximum Gasteiger partial charge on any atom is 0.231 e. The molecular formula is C35H41NO4. The number of rotatable bonds is 10. The number of nitrogens with zero attached hydrogens (tertiary/aromatic N) is 1. The molecule has 0 amide bonds. The summed E-state index contributed by atoms with van der Waals surface area (Å²) in [5.41, 5.74) is 10.2. The Morgan fingerprint density at radius 3 is 2.55 bits per heavy atom. The van der Waals surface area contributed by atoms with Crippen LogP contribution < -0.4 is 9.47 Å². The molecule has 0 saturated heterocycles. The summed E-state index contributed by atoms with van der Waals surface area (Å²) in [7, 11) is 1.75. The van der Waals surface area contributed by atoms with Crippen LogP contribution in [0.1, 0.15) is 74.6 Å². The minimum absolute atomic E-state index is 0.204. The van der Waals surface area contributed by atoms with E-state index in [1.807, 2.05) is 0 Å². The standard InChI is InChI=1S/C35H41NO4/c1-5-6-7-8-17-38-35-30-21-36-16-15-26-19-32-33(40-22-39-32)20-28(26)34(36)29(27(30)13-14-31(35)37-4)18-24-9-11-25(12-10-24)23(2)3/h9-14,19-21,23,35H,5-8,15-18,22H2,1-4H3. The van der Waals surface area contributed by atoms with Gasteiger partial charge in [-0.2, -0.15) is 0 Å². The summed E-state index contributed by atoms with van der Waals surface area (Å²) < 4.78 is 24.0. The fourth-order valence-corrected chi connectivity index (χ4v) is 6.22. The van der Waals surface area contributed by atoms with Gasteiger partial charge in [0.25, 0.3) is 0 Å². The molecule has 3 heterocycles. The Labute approximate surface area is 238 Å². The van der Waals surface area contributed by atoms with Crippen LogP contribution in [-0.2, 0) is 22.3 Å². The summed E-state index contributed by atoms with van der Waals surface area (Å²) in [4.78, 5) is 2.43. The van der Waals surface area contributed by atoms with Crippen molar-refractivity contribution in [3.63, 3.8) is 0 Å². The van der Waals surface area contributed by atoms with Gasteiger partial charge in [0.1, 0.15) is 11.9 Å². The molecule has 5 nitrogen and oxygen atoms in total. The second-order valence-electron chi connectivity index (χ2n) is 11.5. The Bertz CT molecular complexity index is 1380. The summed E-state index contributed by atoms with van der Waals surface area (Å²) in [6.45, 7) is 8.65. The molecule has 0 radical (unpaired) electrons. The molecule has 40 heavy (non-hydrogen) atoms. The topological polar surface area (TPSA) is 40.2 Å². The van der Waals surface area contributed by atoms with Crippen LogP contribution in [0.4, 0.5) is 0 Å². The first kappa shape index (κ1) is 26.8. The molecule has 0 spiro atoms. The minimum atomic E-state index is -0.204. The highest BCUT2D eigenvalue weighted by Crippen LogP contribution is 2.47. The number of benzene rings is 2. The number of hydrogen-bond donors (Lipinski definition) is 0. The Morgan fingerprint density at radius 1 is 1.00 bits per heavy atom. The lowest BCUT2D eigenvalue weighted by molar-refractivity contribution is 0.0581. The first-order chi connectivity index (χ1) is 19.6. The summed E-state index contributed by atoms with van der Waals surface area (Å²) in [5.74, 6) is 3.07. The predicted octanol–water partition coefficient (Wildman–Crippen LogP) is 7.68. The van der Waals surface area contributed by atoms with Crippen LogP contribution in [-0.4, -0.2) is 38.1 Å². The summed E-state index contributed by atoms with van der Waals surface area (Å²) >= 11 is 0. The number of unbranched alkanes of at least 4 members (excludes halogenated alkanes) is 3. The third-order valence-electron chi connectivity index (χ3n) is 8.48. The highest BCUT2D eigenvalue weighted by atomic mass is 16.7. The molecule has 0 aromatic heterocycles. The minimum Gasteiger partial charge on any atom is -0.498 e. The highest BCUT2D eigenvalue weighted by molar-refractivity contribution is 5.82. The quantitative estimate of drug-likeness (QED) is 0.290. The van der Waals surface area contributed by atoms with Crippen LogP contribution in [0.15, 0.2) is 77.2 Å². The lowest BCUT2D eigenvalue weighted by atomic mass is 9.79. The number of ether oxygens (including phenoxy) is 4. The van der Waals surface area contributed by atoms with Crippen molar-refractivity contribution >= 4 is 5.70 Å². The average Bonchev–Trinajstić information content (AvgIpc) is 3.43. The van der Waals surface area contributed by atoms with Crippen LogP contribution in [0.25, 0.3) is 5.70 Å². The van der Waals surface area contributed by atoms with E-state index in [9.17, 15) is 0 Å². The van der Waals surface area contributed by atoms with E-state index >= 15 is 0 Å². The van der Waals surface area contributed by atoms with Gasteiger partial charge in [0.15, 0.2) is 11.5 Å². The zero-order valence-electron chi connectivity index (χ0n) is 24.3. The second kappa shape index (κ2) is 11.6. The van der Waals surface area contributed by atoms with Crippen molar-refractivity contribution in [2.45, 2.75) is 71.3 Å². The van der Waals surface area contributed by atoms with E-state index in [0.29, 0.717) is 5.92 Å². The van der Waals surface area contributed by atoms with E-state index in [1.165, 1.54) is 63.9 Å². The number of fused-ring (bicyclic) bond motifs is 5. The molecule has 0 N–H and O–H groups in total. The highest BCUT2D eigenvalue weighted by Gasteiger charge is 2.37. The van der Waals surface area contributed by atoms with E-state index < -0.39 is 0 Å². The van der Waals surface area contributed by atoms with Crippen molar-refractivity contribution in [1.29, 1.82) is 0 Å². The third-order valence-corrected chi connectivity index (χ3v) is 8.48. The number of hydrogen-bond acceptors (Lipinski definition) is 5. The van der Waals surface area contributed by atoms with E-state index in [1.54, 1.807) is 7.11 Å². The van der Waals surface area contributed by atoms with Gasteiger partial charge in [-0.05, 0) is 64.8 Å². The van der Waals surface area contributed by atoms with Crippen LogP contribution in [0.5, 0.6) is 11.5 Å². The van der Waals surface area contributed by atoms with Crippen molar-refractivity contribution in [2.75, 3.05) is 27.1 Å². The van der Waals surface area contributed by atoms with Gasteiger partial charge >= 0.3 is 0 Å². The molecule has 0 fully saturated rings. The maximum atomic E-state index is 6.56. The third kappa shape index (κ3) is 5.08. The van der Waals surface area contributed by atoms with Gasteiger partial charge in [0.05, 0.1) is 12.8 Å². The average molecular weight is 540 g/mol. The van der Waals surface area contributed by atoms with E-state index in [0.717, 1.165) is 49.7 Å². The molecule has 4 aliphatic rings. The van der Waals surface area contributed by atoms with E-state index in [4.69, 9.17) is 18.9 Å². The Hall–Kier alpha value is -3.44. The summed E-state index contributed by atoms with van der Waals surface area (Å²) in [6, 6.07) is 13.5. The molecule has 1 atom stereocenters. The molecule has 210 valence electrons. The van der Waals surface area contributed by atoms with Crippen molar-refractivity contribution in [2.24, 2.45) is 0 Å². The first-order valence-corrected chi connectivity index (χ1v) is 14.9. The lowest BCUT2D eigenvalue weighted by Crippen LogP contribution is -2.34. The maximum absolute atomic E-state index is 6.56. The van der Waals surface area contributed by atoms with Gasteiger partial charge in [-0.1, -0.05) is 70.4 Å².